The SMILES string of the molecule is Cc1ccc(NC(=O)C2CCC(CNC(=O)[C@@H]3Cc4ccccc4CN3)CC2)c(C)c1.Cl. The molecule has 2 aromatic carbocycles. The van der Waals surface area contributed by atoms with Crippen LogP contribution in [0.4, 0.5) is 5.69 Å². The van der Waals surface area contributed by atoms with Crippen molar-refractivity contribution in [2.75, 3.05) is 11.9 Å². The first-order valence-electron chi connectivity index (χ1n) is 11.5. The van der Waals surface area contributed by atoms with E-state index < -0.39 is 0 Å². The molecular weight excluding hydrogens is 422 g/mol. The summed E-state index contributed by atoms with van der Waals surface area (Å²) in [6.07, 6.45) is 4.46. The zero-order valence-corrected chi connectivity index (χ0v) is 19.8. The number of carbonyl (C=O) groups is 2. The molecule has 6 heteroatoms. The summed E-state index contributed by atoms with van der Waals surface area (Å²) in [4.78, 5) is 25.3. The lowest BCUT2D eigenvalue weighted by Gasteiger charge is -2.29. The van der Waals surface area contributed by atoms with E-state index in [1.54, 1.807) is 0 Å². The molecule has 0 saturated heterocycles. The van der Waals surface area contributed by atoms with E-state index in [0.717, 1.165) is 49.9 Å². The number of hydrogen-bond donors (Lipinski definition) is 3. The first kappa shape index (κ1) is 24.3. The lowest BCUT2D eigenvalue weighted by molar-refractivity contribution is -0.124. The van der Waals surface area contributed by atoms with Gasteiger partial charge in [0.15, 0.2) is 0 Å². The summed E-state index contributed by atoms with van der Waals surface area (Å²) in [5.41, 5.74) is 5.75. The van der Waals surface area contributed by atoms with E-state index in [2.05, 4.69) is 41.1 Å². The molecule has 172 valence electrons. The Labute approximate surface area is 197 Å². The third-order valence-electron chi connectivity index (χ3n) is 6.82. The van der Waals surface area contributed by atoms with Gasteiger partial charge in [-0.3, -0.25) is 9.59 Å². The molecule has 2 aliphatic rings. The highest BCUT2D eigenvalue weighted by Gasteiger charge is 2.28. The number of nitrogens with one attached hydrogen (secondary N) is 3. The van der Waals surface area contributed by atoms with Gasteiger partial charge in [0.2, 0.25) is 11.8 Å². The first-order valence-corrected chi connectivity index (χ1v) is 11.5. The van der Waals surface area contributed by atoms with Crippen LogP contribution >= 0.6 is 12.4 Å². The monoisotopic (exact) mass is 455 g/mol. The molecule has 1 aliphatic carbocycles. The Balaban J connectivity index is 0.00000289. The van der Waals surface area contributed by atoms with Crippen molar-refractivity contribution >= 4 is 29.9 Å². The first-order chi connectivity index (χ1) is 15.0. The molecule has 3 N–H and O–H groups in total. The average Bonchev–Trinajstić information content (AvgIpc) is 2.79. The lowest BCUT2D eigenvalue weighted by Crippen LogP contribution is -2.48. The molecule has 0 unspecified atom stereocenters. The Morgan fingerprint density at radius 1 is 0.969 bits per heavy atom. The Kier molecular flexibility index (Phi) is 8.32. The fraction of sp³-hybridized carbons (Fsp3) is 0.462. The molecule has 5 nitrogen and oxygen atoms in total. The van der Waals surface area contributed by atoms with Gasteiger partial charge in [-0.1, -0.05) is 42.0 Å². The minimum absolute atomic E-state index is 0. The van der Waals surface area contributed by atoms with Crippen LogP contribution in [0.1, 0.15) is 47.9 Å². The van der Waals surface area contributed by atoms with Gasteiger partial charge in [0, 0.05) is 24.7 Å². The van der Waals surface area contributed by atoms with E-state index in [1.165, 1.54) is 16.7 Å². The molecule has 4 rings (SSSR count). The third kappa shape index (κ3) is 5.90. The topological polar surface area (TPSA) is 70.2 Å². The minimum Gasteiger partial charge on any atom is -0.354 e. The molecule has 1 fully saturated rings. The molecule has 2 aromatic rings. The quantitative estimate of drug-likeness (QED) is 0.629. The van der Waals surface area contributed by atoms with E-state index in [-0.39, 0.29) is 36.2 Å². The van der Waals surface area contributed by atoms with Gasteiger partial charge < -0.3 is 16.0 Å². The van der Waals surface area contributed by atoms with Crippen LogP contribution in [0.3, 0.4) is 0 Å². The highest BCUT2D eigenvalue weighted by atomic mass is 35.5. The number of carbonyl (C=O) groups excluding carboxylic acids is 2. The van der Waals surface area contributed by atoms with Crippen LogP contribution in [0.5, 0.6) is 0 Å². The third-order valence-corrected chi connectivity index (χ3v) is 6.82. The number of rotatable bonds is 5. The number of anilines is 1. The minimum atomic E-state index is -0.158. The van der Waals surface area contributed by atoms with Crippen molar-refractivity contribution in [1.82, 2.24) is 10.6 Å². The molecule has 0 bridgehead atoms. The number of fused-ring (bicyclic) bond motifs is 1. The van der Waals surface area contributed by atoms with Crippen molar-refractivity contribution in [2.24, 2.45) is 11.8 Å². The molecule has 0 spiro atoms. The Morgan fingerprint density at radius 3 is 2.41 bits per heavy atom. The molecule has 2 amide bonds. The van der Waals surface area contributed by atoms with Crippen molar-refractivity contribution in [1.29, 1.82) is 0 Å². The summed E-state index contributed by atoms with van der Waals surface area (Å²) >= 11 is 0. The largest absolute Gasteiger partial charge is 0.354 e. The normalized spacial score (nSPS) is 22.2. The van der Waals surface area contributed by atoms with Gasteiger partial charge in [-0.15, -0.1) is 12.4 Å². The maximum atomic E-state index is 12.7. The second-order valence-corrected chi connectivity index (χ2v) is 9.18. The maximum absolute atomic E-state index is 12.7. The van der Waals surface area contributed by atoms with Gasteiger partial charge in [-0.05, 0) is 74.6 Å². The highest BCUT2D eigenvalue weighted by molar-refractivity contribution is 5.93. The Hall–Kier alpha value is -2.37. The van der Waals surface area contributed by atoms with Crippen LogP contribution in [-0.2, 0) is 22.6 Å². The lowest BCUT2D eigenvalue weighted by atomic mass is 9.81. The number of aryl methyl sites for hydroxylation is 2. The molecule has 1 heterocycles. The molecule has 1 saturated carbocycles. The average molecular weight is 456 g/mol. The van der Waals surface area contributed by atoms with Crippen LogP contribution < -0.4 is 16.0 Å². The van der Waals surface area contributed by atoms with Gasteiger partial charge in [0.05, 0.1) is 6.04 Å². The zero-order valence-electron chi connectivity index (χ0n) is 18.9. The molecule has 0 aromatic heterocycles. The zero-order chi connectivity index (χ0) is 21.8. The van der Waals surface area contributed by atoms with Gasteiger partial charge in [-0.2, -0.15) is 0 Å². The van der Waals surface area contributed by atoms with Crippen LogP contribution in [0.15, 0.2) is 42.5 Å². The van der Waals surface area contributed by atoms with E-state index in [4.69, 9.17) is 0 Å². The molecule has 1 atom stereocenters. The summed E-state index contributed by atoms with van der Waals surface area (Å²) in [6, 6.07) is 14.3. The fourth-order valence-electron chi connectivity index (χ4n) is 4.83. The predicted octanol–water partition coefficient (Wildman–Crippen LogP) is 4.30. The molecule has 32 heavy (non-hydrogen) atoms. The van der Waals surface area contributed by atoms with Crippen LogP contribution in [0.25, 0.3) is 0 Å². The Bertz CT molecular complexity index is 954. The Morgan fingerprint density at radius 2 is 1.69 bits per heavy atom. The standard InChI is InChI=1S/C26H33N3O2.ClH/c1-17-7-12-23(18(2)13-17)29-25(30)20-10-8-19(9-11-20)15-28-26(31)24-14-21-5-3-4-6-22(21)16-27-24;/h3-7,12-13,19-20,24,27H,8-11,14-16H2,1-2H3,(H,28,31)(H,29,30);1H/t19?,20?,24-;/m0./s1. The summed E-state index contributed by atoms with van der Waals surface area (Å²) in [7, 11) is 0. The van der Waals surface area contributed by atoms with Crippen molar-refractivity contribution in [3.63, 3.8) is 0 Å². The van der Waals surface area contributed by atoms with Crippen molar-refractivity contribution < 1.29 is 9.59 Å². The second kappa shape index (κ2) is 11.0. The molecular formula is C26H34ClN3O2. The van der Waals surface area contributed by atoms with E-state index in [0.29, 0.717) is 12.5 Å². The summed E-state index contributed by atoms with van der Waals surface area (Å²) < 4.78 is 0. The maximum Gasteiger partial charge on any atom is 0.237 e. The van der Waals surface area contributed by atoms with Gasteiger partial charge in [0.25, 0.3) is 0 Å². The van der Waals surface area contributed by atoms with Gasteiger partial charge in [-0.25, -0.2) is 0 Å². The van der Waals surface area contributed by atoms with E-state index in [9.17, 15) is 9.59 Å². The molecule has 1 aliphatic heterocycles. The summed E-state index contributed by atoms with van der Waals surface area (Å²) in [6.45, 7) is 5.53. The highest BCUT2D eigenvalue weighted by Crippen LogP contribution is 2.30. The van der Waals surface area contributed by atoms with Crippen molar-refractivity contribution in [3.8, 4) is 0 Å². The van der Waals surface area contributed by atoms with E-state index >= 15 is 0 Å². The van der Waals surface area contributed by atoms with Crippen molar-refractivity contribution in [2.45, 2.75) is 58.5 Å². The van der Waals surface area contributed by atoms with Gasteiger partial charge >= 0.3 is 0 Å². The van der Waals surface area contributed by atoms with E-state index in [1.807, 2.05) is 31.2 Å². The van der Waals surface area contributed by atoms with Crippen LogP contribution in [0.2, 0.25) is 0 Å². The number of hydrogen-bond acceptors (Lipinski definition) is 3. The van der Waals surface area contributed by atoms with Gasteiger partial charge in [0.1, 0.15) is 0 Å². The van der Waals surface area contributed by atoms with Crippen LogP contribution in [0, 0.1) is 25.7 Å². The predicted molar refractivity (Wildman–Crippen MR) is 131 cm³/mol. The number of benzene rings is 2. The fourth-order valence-corrected chi connectivity index (χ4v) is 4.83. The number of amides is 2. The molecule has 0 radical (unpaired) electrons. The number of halogens is 1. The second-order valence-electron chi connectivity index (χ2n) is 9.18. The smallest absolute Gasteiger partial charge is 0.237 e. The summed E-state index contributed by atoms with van der Waals surface area (Å²) in [5.74, 6) is 0.720. The summed E-state index contributed by atoms with van der Waals surface area (Å²) in [5, 5.41) is 9.60. The van der Waals surface area contributed by atoms with Crippen LogP contribution in [-0.4, -0.2) is 24.4 Å². The van der Waals surface area contributed by atoms with Crippen molar-refractivity contribution in [3.05, 3.63) is 64.7 Å².